The molecule has 5 rings (SSSR count). The van der Waals surface area contributed by atoms with Crippen molar-refractivity contribution >= 4 is 11.6 Å². The minimum atomic E-state index is -1.26. The van der Waals surface area contributed by atoms with Gasteiger partial charge in [-0.15, -0.1) is 5.10 Å². The summed E-state index contributed by atoms with van der Waals surface area (Å²) in [6, 6.07) is 3.28. The Morgan fingerprint density at radius 3 is 2.68 bits per heavy atom. The van der Waals surface area contributed by atoms with Crippen LogP contribution in [-0.2, 0) is 21.5 Å². The summed E-state index contributed by atoms with van der Waals surface area (Å²) in [6.45, 7) is -0.493. The molecule has 3 heterocycles. The van der Waals surface area contributed by atoms with Crippen molar-refractivity contribution in [3.8, 4) is 11.3 Å². The molecule has 2 aliphatic rings. The number of hydrogen-bond donors (Lipinski definition) is 3. The summed E-state index contributed by atoms with van der Waals surface area (Å²) in [5.41, 5.74) is -0.671. The van der Waals surface area contributed by atoms with E-state index in [9.17, 15) is 24.1 Å². The van der Waals surface area contributed by atoms with Gasteiger partial charge in [-0.3, -0.25) is 0 Å². The van der Waals surface area contributed by atoms with Crippen LogP contribution in [0.2, 0.25) is 5.02 Å². The number of rotatable bonds is 7. The van der Waals surface area contributed by atoms with Crippen molar-refractivity contribution < 1.29 is 38.1 Å². The zero-order chi connectivity index (χ0) is 26.3. The third-order valence-corrected chi connectivity index (χ3v) is 7.51. The molecule has 1 aliphatic carbocycles. The summed E-state index contributed by atoms with van der Waals surface area (Å²) in [6.07, 6.45) is 0.762. The van der Waals surface area contributed by atoms with E-state index in [2.05, 4.69) is 15.5 Å². The van der Waals surface area contributed by atoms with Crippen molar-refractivity contribution in [3.63, 3.8) is 0 Å². The van der Waals surface area contributed by atoms with Crippen LogP contribution in [0.25, 0.3) is 11.3 Å². The zero-order valence-corrected chi connectivity index (χ0v) is 20.7. The molecule has 3 N–H and O–H groups in total. The van der Waals surface area contributed by atoms with E-state index in [1.807, 2.05) is 0 Å². The standard InChI is InChI=1S/C24H27ClF2N4O6/c1-35-23-16(8-12-9-18(37-29-12)24(34)6-2-3-7-24)36-17(11-32)22(33)21(23)31-10-15(28-30-31)13-4-5-14(25)20(27)19(13)26/h4-5,9-10,16-17,21-23,32-34H,2-3,6-8,11H2,1H3/t16-,17-,21+,22+,23+/m1/s1. The van der Waals surface area contributed by atoms with E-state index in [0.29, 0.717) is 24.3 Å². The van der Waals surface area contributed by atoms with E-state index in [1.165, 1.54) is 30.1 Å². The molecule has 0 radical (unpaired) electrons. The molecule has 3 aromatic rings. The Labute approximate surface area is 215 Å². The highest BCUT2D eigenvalue weighted by molar-refractivity contribution is 6.30. The summed E-state index contributed by atoms with van der Waals surface area (Å²) in [7, 11) is 1.43. The van der Waals surface area contributed by atoms with Crippen LogP contribution in [0.1, 0.15) is 43.2 Å². The normalized spacial score (nSPS) is 27.6. The van der Waals surface area contributed by atoms with Gasteiger partial charge in [-0.2, -0.15) is 0 Å². The van der Waals surface area contributed by atoms with Gasteiger partial charge in [0.25, 0.3) is 0 Å². The molecule has 1 saturated carbocycles. The molecule has 0 spiro atoms. The molecule has 200 valence electrons. The summed E-state index contributed by atoms with van der Waals surface area (Å²) >= 11 is 5.65. The minimum absolute atomic E-state index is 0.0182. The third kappa shape index (κ3) is 4.77. The van der Waals surface area contributed by atoms with Gasteiger partial charge in [0, 0.05) is 25.2 Å². The predicted molar refractivity (Wildman–Crippen MR) is 125 cm³/mol. The number of aromatic nitrogens is 4. The lowest BCUT2D eigenvalue weighted by Gasteiger charge is -2.43. The Morgan fingerprint density at radius 2 is 1.97 bits per heavy atom. The number of ether oxygens (including phenoxy) is 2. The summed E-state index contributed by atoms with van der Waals surface area (Å²) in [4.78, 5) is 0. The second-order valence-electron chi connectivity index (χ2n) is 9.51. The average molecular weight is 541 g/mol. The van der Waals surface area contributed by atoms with Crippen LogP contribution >= 0.6 is 11.6 Å². The fourth-order valence-corrected chi connectivity index (χ4v) is 5.39. The van der Waals surface area contributed by atoms with E-state index in [1.54, 1.807) is 6.07 Å². The van der Waals surface area contributed by atoms with Crippen molar-refractivity contribution in [2.75, 3.05) is 13.7 Å². The van der Waals surface area contributed by atoms with Gasteiger partial charge in [0.05, 0.1) is 29.6 Å². The summed E-state index contributed by atoms with van der Waals surface area (Å²) < 4.78 is 46.8. The fourth-order valence-electron chi connectivity index (χ4n) is 5.24. The molecule has 10 nitrogen and oxygen atoms in total. The van der Waals surface area contributed by atoms with Crippen molar-refractivity contribution in [1.29, 1.82) is 0 Å². The Kier molecular flexibility index (Phi) is 7.31. The molecule has 13 heteroatoms. The Bertz CT molecular complexity index is 1250. The molecule has 5 atom stereocenters. The number of benzene rings is 1. The lowest BCUT2D eigenvalue weighted by Crippen LogP contribution is -2.57. The Morgan fingerprint density at radius 1 is 1.22 bits per heavy atom. The first-order valence-electron chi connectivity index (χ1n) is 12.0. The molecule has 1 aromatic carbocycles. The zero-order valence-electron chi connectivity index (χ0n) is 19.9. The molecule has 2 aromatic heterocycles. The van der Waals surface area contributed by atoms with Gasteiger partial charge in [0.2, 0.25) is 0 Å². The second-order valence-corrected chi connectivity index (χ2v) is 9.92. The quantitative estimate of drug-likeness (QED) is 0.386. The molecule has 0 bridgehead atoms. The van der Waals surface area contributed by atoms with Gasteiger partial charge in [-0.05, 0) is 37.8 Å². The highest BCUT2D eigenvalue weighted by Gasteiger charge is 2.47. The number of aliphatic hydroxyl groups is 3. The summed E-state index contributed by atoms with van der Waals surface area (Å²) in [5.74, 6) is -1.99. The average Bonchev–Trinajstić information content (AvgIpc) is 3.65. The molecule has 0 unspecified atom stereocenters. The monoisotopic (exact) mass is 540 g/mol. The van der Waals surface area contributed by atoms with Crippen molar-refractivity contribution in [3.05, 3.63) is 52.5 Å². The van der Waals surface area contributed by atoms with Gasteiger partial charge in [-0.25, -0.2) is 13.5 Å². The number of hydrogen-bond acceptors (Lipinski definition) is 9. The van der Waals surface area contributed by atoms with Crippen LogP contribution < -0.4 is 0 Å². The van der Waals surface area contributed by atoms with Crippen LogP contribution in [-0.4, -0.2) is 73.6 Å². The number of methoxy groups -OCH3 is 1. The largest absolute Gasteiger partial charge is 0.394 e. The molecule has 2 fully saturated rings. The lowest BCUT2D eigenvalue weighted by molar-refractivity contribution is -0.212. The molecular weight excluding hydrogens is 514 g/mol. The molecule has 1 saturated heterocycles. The molecular formula is C24H27ClF2N4O6. The maximum atomic E-state index is 14.5. The maximum Gasteiger partial charge on any atom is 0.178 e. The maximum absolute atomic E-state index is 14.5. The van der Waals surface area contributed by atoms with E-state index in [0.717, 1.165) is 12.8 Å². The second kappa shape index (κ2) is 10.4. The van der Waals surface area contributed by atoms with Gasteiger partial charge in [-0.1, -0.05) is 22.0 Å². The smallest absolute Gasteiger partial charge is 0.178 e. The van der Waals surface area contributed by atoms with Crippen molar-refractivity contribution in [2.24, 2.45) is 0 Å². The minimum Gasteiger partial charge on any atom is -0.394 e. The predicted octanol–water partition coefficient (Wildman–Crippen LogP) is 2.55. The first-order chi connectivity index (χ1) is 17.8. The van der Waals surface area contributed by atoms with Crippen LogP contribution in [0.4, 0.5) is 8.78 Å². The number of halogens is 3. The first kappa shape index (κ1) is 26.1. The molecule has 1 aliphatic heterocycles. The highest BCUT2D eigenvalue weighted by atomic mass is 35.5. The van der Waals surface area contributed by atoms with Crippen LogP contribution in [0, 0.1) is 11.6 Å². The van der Waals surface area contributed by atoms with Crippen molar-refractivity contribution in [2.45, 2.75) is 68.2 Å². The first-order valence-corrected chi connectivity index (χ1v) is 12.3. The van der Waals surface area contributed by atoms with Gasteiger partial charge in [0.1, 0.15) is 35.6 Å². The van der Waals surface area contributed by atoms with Gasteiger partial charge < -0.3 is 29.3 Å². The highest BCUT2D eigenvalue weighted by Crippen LogP contribution is 2.39. The SMILES string of the molecule is CO[C@@H]1[C@@H](n2cc(-c3ccc(Cl)c(F)c3F)nn2)[C@@H](O)[C@@H](CO)O[C@@H]1Cc1cc(C2(O)CCCC2)on1. The number of aliphatic hydroxyl groups excluding tert-OH is 2. The van der Waals surface area contributed by atoms with Crippen LogP contribution in [0.3, 0.4) is 0 Å². The molecule has 37 heavy (non-hydrogen) atoms. The summed E-state index contributed by atoms with van der Waals surface area (Å²) in [5, 5.41) is 43.4. The Hall–Kier alpha value is -2.48. The Balaban J connectivity index is 1.43. The topological polar surface area (TPSA) is 136 Å². The van der Waals surface area contributed by atoms with Crippen LogP contribution in [0.15, 0.2) is 28.9 Å². The van der Waals surface area contributed by atoms with E-state index in [4.69, 9.17) is 25.6 Å². The fraction of sp³-hybridized carbons (Fsp3) is 0.542. The molecule has 0 amide bonds. The van der Waals surface area contributed by atoms with E-state index in [-0.39, 0.29) is 22.7 Å². The van der Waals surface area contributed by atoms with E-state index < -0.39 is 54.3 Å². The van der Waals surface area contributed by atoms with Gasteiger partial charge >= 0.3 is 0 Å². The van der Waals surface area contributed by atoms with Crippen LogP contribution in [0.5, 0.6) is 0 Å². The third-order valence-electron chi connectivity index (χ3n) is 7.22. The lowest BCUT2D eigenvalue weighted by atomic mass is 9.90. The number of nitrogens with zero attached hydrogens (tertiary/aromatic N) is 4. The van der Waals surface area contributed by atoms with Crippen molar-refractivity contribution in [1.82, 2.24) is 20.2 Å². The van der Waals surface area contributed by atoms with E-state index >= 15 is 0 Å². The van der Waals surface area contributed by atoms with Gasteiger partial charge in [0.15, 0.2) is 17.4 Å².